The number of halogens is 2. The second kappa shape index (κ2) is 8.07. The van der Waals surface area contributed by atoms with Crippen LogP contribution < -0.4 is 10.1 Å². The fourth-order valence-corrected chi connectivity index (χ4v) is 3.15. The van der Waals surface area contributed by atoms with E-state index >= 15 is 0 Å². The Hall–Kier alpha value is -2.79. The van der Waals surface area contributed by atoms with Crippen molar-refractivity contribution in [3.05, 3.63) is 36.2 Å². The number of rotatable bonds is 7. The molecule has 0 saturated carbocycles. The second-order valence-corrected chi connectivity index (χ2v) is 6.33. The van der Waals surface area contributed by atoms with E-state index in [2.05, 4.69) is 20.1 Å². The molecule has 0 spiro atoms. The first kappa shape index (κ1) is 20.0. The van der Waals surface area contributed by atoms with Crippen molar-refractivity contribution in [2.45, 2.75) is 25.3 Å². The Bertz CT molecular complexity index is 812. The average Bonchev–Trinajstić information content (AvgIpc) is 3.07. The van der Waals surface area contributed by atoms with Gasteiger partial charge in [-0.05, 0) is 24.6 Å². The molecular weight excluding hydrogens is 378 g/mol. The van der Waals surface area contributed by atoms with Crippen LogP contribution in [-0.4, -0.2) is 58.5 Å². The molecule has 2 heterocycles. The third-order valence-electron chi connectivity index (χ3n) is 4.36. The predicted molar refractivity (Wildman–Crippen MR) is 91.8 cm³/mol. The lowest BCUT2D eigenvalue weighted by molar-refractivity contribution is -0.160. The Kier molecular flexibility index (Phi) is 5.75. The second-order valence-electron chi connectivity index (χ2n) is 6.33. The molecule has 0 unspecified atom stereocenters. The number of nitrogens with one attached hydrogen (secondary N) is 1. The molecule has 0 fully saturated rings. The lowest BCUT2D eigenvalue weighted by atomic mass is 9.83. The van der Waals surface area contributed by atoms with Gasteiger partial charge in [-0.25, -0.2) is 4.68 Å². The van der Waals surface area contributed by atoms with E-state index < -0.39 is 30.3 Å². The summed E-state index contributed by atoms with van der Waals surface area (Å²) in [6.45, 7) is -1.31. The number of benzene rings is 1. The van der Waals surface area contributed by atoms with E-state index in [0.717, 1.165) is 0 Å². The Morgan fingerprint density at radius 3 is 2.71 bits per heavy atom. The summed E-state index contributed by atoms with van der Waals surface area (Å²) in [6, 6.07) is 4.95. The van der Waals surface area contributed by atoms with Gasteiger partial charge >= 0.3 is 12.6 Å². The van der Waals surface area contributed by atoms with Crippen LogP contribution in [0.1, 0.15) is 18.5 Å². The first-order chi connectivity index (χ1) is 13.3. The summed E-state index contributed by atoms with van der Waals surface area (Å²) < 4.78 is 40.7. The van der Waals surface area contributed by atoms with Crippen LogP contribution in [0, 0.1) is 5.92 Å². The Balaban J connectivity index is 1.97. The molecule has 0 aliphatic carbocycles. The number of esters is 1. The molecule has 0 radical (unpaired) electrons. The lowest BCUT2D eigenvalue weighted by Gasteiger charge is -2.41. The molecule has 2 N–H and O–H groups in total. The number of fused-ring (bicyclic) bond motifs is 1. The maximum atomic E-state index is 12.8. The summed E-state index contributed by atoms with van der Waals surface area (Å²) >= 11 is 0. The molecule has 9 nitrogen and oxygen atoms in total. The molecule has 3 atom stereocenters. The molecule has 28 heavy (non-hydrogen) atoms. The predicted octanol–water partition coefficient (Wildman–Crippen LogP) is 1.41. The molecule has 0 amide bonds. The van der Waals surface area contributed by atoms with Gasteiger partial charge in [0.1, 0.15) is 24.6 Å². The number of methoxy groups -OCH3 is 1. The van der Waals surface area contributed by atoms with Crippen LogP contribution in [0.15, 0.2) is 30.6 Å². The quantitative estimate of drug-likeness (QED) is 0.533. The molecule has 1 aromatic carbocycles. The van der Waals surface area contributed by atoms with E-state index in [1.54, 1.807) is 0 Å². The highest BCUT2D eigenvalue weighted by Crippen LogP contribution is 2.41. The van der Waals surface area contributed by atoms with E-state index in [1.807, 2.05) is 0 Å². The maximum absolute atomic E-state index is 12.8. The van der Waals surface area contributed by atoms with Gasteiger partial charge in [-0.2, -0.15) is 18.9 Å². The summed E-state index contributed by atoms with van der Waals surface area (Å²) in [5, 5.41) is 17.8. The molecule has 1 aromatic heterocycles. The van der Waals surface area contributed by atoms with Gasteiger partial charge in [0.25, 0.3) is 0 Å². The van der Waals surface area contributed by atoms with Gasteiger partial charge in [-0.3, -0.25) is 4.79 Å². The van der Waals surface area contributed by atoms with Crippen molar-refractivity contribution in [2.75, 3.05) is 25.6 Å². The lowest BCUT2D eigenvalue weighted by Crippen LogP contribution is -2.55. The zero-order valence-electron chi connectivity index (χ0n) is 15.2. The number of alkyl halides is 2. The van der Waals surface area contributed by atoms with Crippen LogP contribution in [0.5, 0.6) is 5.75 Å². The Morgan fingerprint density at radius 2 is 2.07 bits per heavy atom. The molecule has 2 aromatic rings. The van der Waals surface area contributed by atoms with Crippen molar-refractivity contribution in [3.63, 3.8) is 0 Å². The van der Waals surface area contributed by atoms with E-state index in [9.17, 15) is 18.7 Å². The van der Waals surface area contributed by atoms with Gasteiger partial charge in [-0.1, -0.05) is 12.1 Å². The van der Waals surface area contributed by atoms with Crippen LogP contribution >= 0.6 is 0 Å². The molecule has 3 rings (SSSR count). The molecule has 0 bridgehead atoms. The third kappa shape index (κ3) is 4.04. The van der Waals surface area contributed by atoms with Crippen molar-refractivity contribution < 1.29 is 32.9 Å². The van der Waals surface area contributed by atoms with Gasteiger partial charge in [0.15, 0.2) is 5.72 Å². The zero-order valence-corrected chi connectivity index (χ0v) is 15.2. The SMILES string of the molecule is COCCOC(=O)[C@@H]1[C@H](c2ccc(OC(F)F)cc2)n2ncnc2N[C@]1(C)O. The molecular formula is C17H20F2N4O5. The molecule has 0 saturated heterocycles. The van der Waals surface area contributed by atoms with Crippen LogP contribution in [0.4, 0.5) is 14.7 Å². The standard InChI is InChI=1S/C17H20F2N4O5/c1-17(25)12(14(24)27-8-7-26-2)13(23-16(22-17)20-9-21-23)10-3-5-11(6-4-10)28-15(18)19/h3-6,9,12-13,15,25H,7-8H2,1-2H3,(H,20,21,22)/t12-,13-,17+/m0/s1. The fourth-order valence-electron chi connectivity index (χ4n) is 3.15. The van der Waals surface area contributed by atoms with Crippen molar-refractivity contribution in [1.29, 1.82) is 0 Å². The van der Waals surface area contributed by atoms with Gasteiger partial charge in [0, 0.05) is 7.11 Å². The van der Waals surface area contributed by atoms with Crippen molar-refractivity contribution in [2.24, 2.45) is 5.92 Å². The van der Waals surface area contributed by atoms with E-state index in [-0.39, 0.29) is 24.9 Å². The van der Waals surface area contributed by atoms with Gasteiger partial charge < -0.3 is 24.6 Å². The normalized spacial score (nSPS) is 23.8. The van der Waals surface area contributed by atoms with Gasteiger partial charge in [0.05, 0.1) is 12.6 Å². The number of nitrogens with zero attached hydrogens (tertiary/aromatic N) is 3. The van der Waals surface area contributed by atoms with Crippen LogP contribution in [-0.2, 0) is 14.3 Å². The first-order valence-corrected chi connectivity index (χ1v) is 8.44. The third-order valence-corrected chi connectivity index (χ3v) is 4.36. The minimum Gasteiger partial charge on any atom is -0.463 e. The number of aromatic nitrogens is 3. The minimum atomic E-state index is -2.95. The number of ether oxygens (including phenoxy) is 3. The van der Waals surface area contributed by atoms with Gasteiger partial charge in [0.2, 0.25) is 5.95 Å². The topological polar surface area (TPSA) is 108 Å². The molecule has 152 valence electrons. The summed E-state index contributed by atoms with van der Waals surface area (Å²) in [4.78, 5) is 16.8. The number of anilines is 1. The molecule has 11 heteroatoms. The largest absolute Gasteiger partial charge is 0.463 e. The highest BCUT2D eigenvalue weighted by molar-refractivity contribution is 5.76. The van der Waals surface area contributed by atoms with E-state index in [0.29, 0.717) is 5.56 Å². The number of carbonyl (C=O) groups excluding carboxylic acids is 1. The first-order valence-electron chi connectivity index (χ1n) is 8.44. The number of carbonyl (C=O) groups is 1. The van der Waals surface area contributed by atoms with Crippen molar-refractivity contribution in [3.8, 4) is 5.75 Å². The van der Waals surface area contributed by atoms with Crippen molar-refractivity contribution >= 4 is 11.9 Å². The maximum Gasteiger partial charge on any atom is 0.387 e. The Labute approximate surface area is 159 Å². The summed E-state index contributed by atoms with van der Waals surface area (Å²) in [5.41, 5.74) is -1.17. The van der Waals surface area contributed by atoms with Crippen LogP contribution in [0.3, 0.4) is 0 Å². The van der Waals surface area contributed by atoms with E-state index in [1.165, 1.54) is 49.3 Å². The summed E-state index contributed by atoms with van der Waals surface area (Å²) in [5.74, 6) is -1.55. The highest BCUT2D eigenvalue weighted by atomic mass is 19.3. The zero-order chi connectivity index (χ0) is 20.3. The van der Waals surface area contributed by atoms with Gasteiger partial charge in [-0.15, -0.1) is 0 Å². The van der Waals surface area contributed by atoms with E-state index in [4.69, 9.17) is 9.47 Å². The summed E-state index contributed by atoms with van der Waals surface area (Å²) in [6.07, 6.45) is 1.28. The Morgan fingerprint density at radius 1 is 1.36 bits per heavy atom. The molecule has 1 aliphatic rings. The number of aliphatic hydroxyl groups is 1. The number of hydrogen-bond donors (Lipinski definition) is 2. The van der Waals surface area contributed by atoms with Crippen LogP contribution in [0.2, 0.25) is 0 Å². The average molecular weight is 398 g/mol. The molecule has 1 aliphatic heterocycles. The fraction of sp³-hybridized carbons (Fsp3) is 0.471. The summed E-state index contributed by atoms with van der Waals surface area (Å²) in [7, 11) is 1.47. The smallest absolute Gasteiger partial charge is 0.387 e. The van der Waals surface area contributed by atoms with Crippen molar-refractivity contribution in [1.82, 2.24) is 14.8 Å². The van der Waals surface area contributed by atoms with Crippen LogP contribution in [0.25, 0.3) is 0 Å². The highest BCUT2D eigenvalue weighted by Gasteiger charge is 2.50. The minimum absolute atomic E-state index is 0.0139. The monoisotopic (exact) mass is 398 g/mol. The number of hydrogen-bond acceptors (Lipinski definition) is 8.